The van der Waals surface area contributed by atoms with E-state index in [9.17, 15) is 0 Å². The van der Waals surface area contributed by atoms with Crippen LogP contribution in [-0.4, -0.2) is 0 Å². The van der Waals surface area contributed by atoms with Gasteiger partial charge in [-0.15, -0.1) is 0 Å². The van der Waals surface area contributed by atoms with E-state index < -0.39 is 0 Å². The third kappa shape index (κ3) is 2.38. The molecule has 2 aliphatic rings. The fourth-order valence-electron chi connectivity index (χ4n) is 5.15. The molecule has 4 aromatic rings. The molecule has 0 heteroatoms. The van der Waals surface area contributed by atoms with Gasteiger partial charge in [0.15, 0.2) is 0 Å². The van der Waals surface area contributed by atoms with Crippen LogP contribution in [0, 0.1) is 0 Å². The Kier molecular flexibility index (Phi) is 3.52. The summed E-state index contributed by atoms with van der Waals surface area (Å²) in [5, 5.41) is 5.76. The van der Waals surface area contributed by atoms with E-state index >= 15 is 0 Å². The summed E-state index contributed by atoms with van der Waals surface area (Å²) in [5.41, 5.74) is 8.65. The third-order valence-corrected chi connectivity index (χ3v) is 6.48. The third-order valence-electron chi connectivity index (χ3n) is 6.48. The second-order valence-electron chi connectivity index (χ2n) is 8.03. The molecule has 0 heterocycles. The van der Waals surface area contributed by atoms with Crippen LogP contribution < -0.4 is 0 Å². The van der Waals surface area contributed by atoms with Crippen LogP contribution in [0.4, 0.5) is 0 Å². The summed E-state index contributed by atoms with van der Waals surface area (Å²) in [4.78, 5) is 0. The minimum absolute atomic E-state index is 1.19. The Bertz CT molecular complexity index is 1180. The SMILES string of the molecule is C(C=Cc1ccc2c3c(cccc13)CC2)=Cc1ccc2c3c(cccc13)CC2. The Morgan fingerprint density at radius 2 is 0.893 bits per heavy atom. The maximum atomic E-state index is 2.31. The molecule has 28 heavy (non-hydrogen) atoms. The van der Waals surface area contributed by atoms with Crippen molar-refractivity contribution in [3.8, 4) is 0 Å². The number of hydrogen-bond donors (Lipinski definition) is 0. The predicted molar refractivity (Wildman–Crippen MR) is 121 cm³/mol. The molecule has 0 aliphatic heterocycles. The first-order valence-corrected chi connectivity index (χ1v) is 10.3. The summed E-state index contributed by atoms with van der Waals surface area (Å²) >= 11 is 0. The van der Waals surface area contributed by atoms with E-state index in [0.717, 1.165) is 0 Å². The molecule has 0 aromatic heterocycles. The number of hydrogen-bond acceptors (Lipinski definition) is 0. The van der Waals surface area contributed by atoms with E-state index in [2.05, 4.69) is 85.0 Å². The van der Waals surface area contributed by atoms with E-state index in [1.54, 1.807) is 0 Å². The highest BCUT2D eigenvalue weighted by molar-refractivity contribution is 5.98. The smallest absolute Gasteiger partial charge is 0.0106 e. The largest absolute Gasteiger partial charge is 0.0616 e. The first-order valence-electron chi connectivity index (χ1n) is 10.3. The van der Waals surface area contributed by atoms with Crippen LogP contribution in [0.15, 0.2) is 72.8 Å². The lowest BCUT2D eigenvalue weighted by Crippen LogP contribution is -1.83. The van der Waals surface area contributed by atoms with E-state index in [-0.39, 0.29) is 0 Å². The Hall–Kier alpha value is -3.12. The maximum Gasteiger partial charge on any atom is -0.0106 e. The van der Waals surface area contributed by atoms with Crippen molar-refractivity contribution in [2.45, 2.75) is 25.7 Å². The van der Waals surface area contributed by atoms with Gasteiger partial charge in [-0.2, -0.15) is 0 Å². The van der Waals surface area contributed by atoms with E-state index in [4.69, 9.17) is 0 Å². The first kappa shape index (κ1) is 15.9. The molecule has 0 spiro atoms. The molecule has 0 unspecified atom stereocenters. The van der Waals surface area contributed by atoms with Crippen molar-refractivity contribution < 1.29 is 0 Å². The molecular weight excluding hydrogens is 336 g/mol. The molecule has 0 nitrogen and oxygen atoms in total. The van der Waals surface area contributed by atoms with Crippen LogP contribution >= 0.6 is 0 Å². The number of rotatable bonds is 3. The highest BCUT2D eigenvalue weighted by Gasteiger charge is 2.15. The molecule has 0 radical (unpaired) electrons. The minimum Gasteiger partial charge on any atom is -0.0616 e. The molecular formula is C28H22. The van der Waals surface area contributed by atoms with Crippen molar-refractivity contribution in [2.75, 3.05) is 0 Å². The standard InChI is InChI=1S/C28H22/c1(5-19-11-13-23-17-15-21-7-3-9-25(19)27(21)23)2-6-20-12-14-24-18-16-22-8-4-10-26(20)28(22)24/h1-14H,15-18H2. The van der Waals surface area contributed by atoms with Gasteiger partial charge >= 0.3 is 0 Å². The fraction of sp³-hybridized carbons (Fsp3) is 0.143. The zero-order chi connectivity index (χ0) is 18.5. The van der Waals surface area contributed by atoms with Crippen molar-refractivity contribution in [1.82, 2.24) is 0 Å². The van der Waals surface area contributed by atoms with Crippen molar-refractivity contribution in [3.05, 3.63) is 106 Å². The Morgan fingerprint density at radius 1 is 0.464 bits per heavy atom. The zero-order valence-corrected chi connectivity index (χ0v) is 15.9. The lowest BCUT2D eigenvalue weighted by molar-refractivity contribution is 1.02. The van der Waals surface area contributed by atoms with Gasteiger partial charge in [0, 0.05) is 0 Å². The van der Waals surface area contributed by atoms with E-state index in [1.165, 1.54) is 80.6 Å². The van der Waals surface area contributed by atoms with Gasteiger partial charge in [-0.05, 0) is 80.6 Å². The molecule has 134 valence electrons. The maximum absolute atomic E-state index is 2.31. The van der Waals surface area contributed by atoms with Crippen LogP contribution in [0.25, 0.3) is 33.7 Å². The summed E-state index contributed by atoms with van der Waals surface area (Å²) in [5.74, 6) is 0. The van der Waals surface area contributed by atoms with Gasteiger partial charge in [0.2, 0.25) is 0 Å². The molecule has 0 bridgehead atoms. The lowest BCUT2D eigenvalue weighted by atomic mass is 9.99. The predicted octanol–water partition coefficient (Wildman–Crippen LogP) is 6.92. The Morgan fingerprint density at radius 3 is 1.36 bits per heavy atom. The first-order chi connectivity index (χ1) is 13.9. The lowest BCUT2D eigenvalue weighted by Gasteiger charge is -2.06. The Labute approximate surface area is 165 Å². The minimum atomic E-state index is 1.19. The second kappa shape index (κ2) is 6.21. The molecule has 6 rings (SSSR count). The summed E-state index contributed by atoms with van der Waals surface area (Å²) in [6.45, 7) is 0. The Balaban J connectivity index is 1.36. The summed E-state index contributed by atoms with van der Waals surface area (Å²) in [6, 6.07) is 22.7. The average Bonchev–Trinajstić information content (AvgIpc) is 3.35. The van der Waals surface area contributed by atoms with Gasteiger partial charge in [-0.1, -0.05) is 85.0 Å². The molecule has 0 amide bonds. The highest BCUT2D eigenvalue weighted by Crippen LogP contribution is 2.34. The number of aryl methyl sites for hydroxylation is 4. The summed E-state index contributed by atoms with van der Waals surface area (Å²) in [6.07, 6.45) is 13.6. The van der Waals surface area contributed by atoms with Gasteiger partial charge in [0.05, 0.1) is 0 Å². The van der Waals surface area contributed by atoms with Crippen LogP contribution in [-0.2, 0) is 25.7 Å². The monoisotopic (exact) mass is 358 g/mol. The average molecular weight is 358 g/mol. The fourth-order valence-corrected chi connectivity index (χ4v) is 5.15. The van der Waals surface area contributed by atoms with Crippen molar-refractivity contribution in [3.63, 3.8) is 0 Å². The van der Waals surface area contributed by atoms with Gasteiger partial charge in [-0.3, -0.25) is 0 Å². The van der Waals surface area contributed by atoms with Crippen molar-refractivity contribution in [1.29, 1.82) is 0 Å². The van der Waals surface area contributed by atoms with Crippen LogP contribution in [0.2, 0.25) is 0 Å². The molecule has 0 atom stereocenters. The normalized spacial score (nSPS) is 15.0. The highest BCUT2D eigenvalue weighted by atomic mass is 14.2. The van der Waals surface area contributed by atoms with Crippen LogP contribution in [0.1, 0.15) is 33.4 Å². The van der Waals surface area contributed by atoms with Gasteiger partial charge in [0.1, 0.15) is 0 Å². The van der Waals surface area contributed by atoms with Crippen molar-refractivity contribution in [2.24, 2.45) is 0 Å². The van der Waals surface area contributed by atoms with E-state index in [1.807, 2.05) is 0 Å². The second-order valence-corrected chi connectivity index (χ2v) is 8.03. The van der Waals surface area contributed by atoms with Gasteiger partial charge < -0.3 is 0 Å². The van der Waals surface area contributed by atoms with E-state index in [0.29, 0.717) is 0 Å². The van der Waals surface area contributed by atoms with Gasteiger partial charge in [0.25, 0.3) is 0 Å². The molecule has 2 aliphatic carbocycles. The van der Waals surface area contributed by atoms with Crippen molar-refractivity contribution >= 4 is 33.7 Å². The van der Waals surface area contributed by atoms with Gasteiger partial charge in [-0.25, -0.2) is 0 Å². The van der Waals surface area contributed by atoms with Crippen LogP contribution in [0.3, 0.4) is 0 Å². The number of allylic oxidation sites excluding steroid dienone is 2. The molecule has 0 fully saturated rings. The quantitative estimate of drug-likeness (QED) is 0.349. The molecule has 0 N–H and O–H groups in total. The topological polar surface area (TPSA) is 0 Å². The summed E-state index contributed by atoms with van der Waals surface area (Å²) < 4.78 is 0. The molecule has 0 saturated heterocycles. The molecule has 0 saturated carbocycles. The summed E-state index contributed by atoms with van der Waals surface area (Å²) in [7, 11) is 0. The number of benzene rings is 4. The molecule has 4 aromatic carbocycles. The van der Waals surface area contributed by atoms with Crippen LogP contribution in [0.5, 0.6) is 0 Å². The zero-order valence-electron chi connectivity index (χ0n) is 15.9.